The number of carbonyl (C=O) groups is 1. The van der Waals surface area contributed by atoms with Crippen molar-refractivity contribution in [3.63, 3.8) is 0 Å². The number of nitrogens with one attached hydrogen (secondary N) is 1. The minimum atomic E-state index is -0.366. The van der Waals surface area contributed by atoms with E-state index < -0.39 is 0 Å². The first-order chi connectivity index (χ1) is 15.6. The highest BCUT2D eigenvalue weighted by atomic mass is 19.1. The SMILES string of the molecule is COCc1ccc(C(=O)NCc2nnc3n2CCN(Cc2ccc(F)c(OC)c2)CC3)o1. The van der Waals surface area contributed by atoms with Crippen LogP contribution in [0, 0.1) is 5.82 Å². The van der Waals surface area contributed by atoms with Gasteiger partial charge in [0, 0.05) is 39.7 Å². The van der Waals surface area contributed by atoms with Crippen molar-refractivity contribution >= 4 is 5.91 Å². The molecule has 0 atom stereocenters. The molecule has 2 aromatic heterocycles. The molecule has 0 unspecified atom stereocenters. The molecule has 10 heteroatoms. The third-order valence-corrected chi connectivity index (χ3v) is 5.40. The second kappa shape index (κ2) is 9.92. The van der Waals surface area contributed by atoms with Crippen molar-refractivity contribution in [1.29, 1.82) is 0 Å². The van der Waals surface area contributed by atoms with Crippen molar-refractivity contribution in [3.8, 4) is 5.75 Å². The van der Waals surface area contributed by atoms with E-state index in [1.54, 1.807) is 31.4 Å². The number of nitrogens with zero attached hydrogens (tertiary/aromatic N) is 4. The van der Waals surface area contributed by atoms with Crippen LogP contribution >= 0.6 is 0 Å². The molecule has 4 rings (SSSR count). The fraction of sp³-hybridized carbons (Fsp3) is 0.409. The number of rotatable bonds is 8. The Morgan fingerprint density at radius 2 is 2.06 bits per heavy atom. The Morgan fingerprint density at radius 1 is 1.19 bits per heavy atom. The van der Waals surface area contributed by atoms with Crippen molar-refractivity contribution in [2.45, 2.75) is 32.7 Å². The lowest BCUT2D eigenvalue weighted by Gasteiger charge is -2.20. The van der Waals surface area contributed by atoms with Gasteiger partial charge in [0.15, 0.2) is 23.2 Å². The molecule has 0 bridgehead atoms. The summed E-state index contributed by atoms with van der Waals surface area (Å²) in [4.78, 5) is 14.7. The molecule has 0 aliphatic carbocycles. The molecule has 1 amide bonds. The van der Waals surface area contributed by atoms with Crippen LogP contribution in [0.4, 0.5) is 4.39 Å². The van der Waals surface area contributed by atoms with Gasteiger partial charge in [0.05, 0.1) is 13.7 Å². The zero-order valence-corrected chi connectivity index (χ0v) is 18.1. The third-order valence-electron chi connectivity index (χ3n) is 5.40. The van der Waals surface area contributed by atoms with E-state index in [0.717, 1.165) is 30.9 Å². The van der Waals surface area contributed by atoms with E-state index in [9.17, 15) is 9.18 Å². The summed E-state index contributed by atoms with van der Waals surface area (Å²) in [6.45, 7) is 3.53. The molecule has 1 aliphatic rings. The van der Waals surface area contributed by atoms with Crippen molar-refractivity contribution in [1.82, 2.24) is 25.0 Å². The molecule has 3 aromatic rings. The molecule has 1 aromatic carbocycles. The summed E-state index contributed by atoms with van der Waals surface area (Å²) < 4.78 is 31.3. The Labute approximate surface area is 185 Å². The molecule has 0 saturated carbocycles. The van der Waals surface area contributed by atoms with E-state index in [2.05, 4.69) is 20.4 Å². The van der Waals surface area contributed by atoms with Crippen LogP contribution in [0.3, 0.4) is 0 Å². The molecular weight excluding hydrogens is 417 g/mol. The number of amides is 1. The number of hydrogen-bond donors (Lipinski definition) is 1. The van der Waals surface area contributed by atoms with Crippen LogP contribution in [0.5, 0.6) is 5.75 Å². The van der Waals surface area contributed by atoms with Crippen LogP contribution in [0.1, 0.15) is 33.5 Å². The van der Waals surface area contributed by atoms with E-state index in [4.69, 9.17) is 13.9 Å². The molecule has 0 radical (unpaired) electrons. The van der Waals surface area contributed by atoms with Gasteiger partial charge in [-0.05, 0) is 29.8 Å². The number of carbonyl (C=O) groups excluding carboxylic acids is 1. The van der Waals surface area contributed by atoms with Crippen molar-refractivity contribution in [3.05, 3.63) is 64.9 Å². The van der Waals surface area contributed by atoms with E-state index in [-0.39, 0.29) is 29.8 Å². The fourth-order valence-electron chi connectivity index (χ4n) is 3.74. The molecular formula is C22H26FN5O4. The Morgan fingerprint density at radius 3 is 2.88 bits per heavy atom. The third kappa shape index (κ3) is 4.97. The first kappa shape index (κ1) is 22.0. The molecule has 0 saturated heterocycles. The number of halogens is 1. The lowest BCUT2D eigenvalue weighted by molar-refractivity contribution is 0.0913. The van der Waals surface area contributed by atoms with Crippen LogP contribution in [0.25, 0.3) is 0 Å². The van der Waals surface area contributed by atoms with Gasteiger partial charge in [-0.3, -0.25) is 9.69 Å². The first-order valence-electron chi connectivity index (χ1n) is 10.4. The monoisotopic (exact) mass is 443 g/mol. The number of furan rings is 1. The van der Waals surface area contributed by atoms with Crippen LogP contribution < -0.4 is 10.1 Å². The van der Waals surface area contributed by atoms with Crippen molar-refractivity contribution < 1.29 is 23.1 Å². The highest BCUT2D eigenvalue weighted by molar-refractivity contribution is 5.91. The van der Waals surface area contributed by atoms with Gasteiger partial charge >= 0.3 is 0 Å². The maximum atomic E-state index is 13.7. The summed E-state index contributed by atoms with van der Waals surface area (Å²) >= 11 is 0. The lowest BCUT2D eigenvalue weighted by Crippen LogP contribution is -2.28. The Bertz CT molecular complexity index is 1080. The van der Waals surface area contributed by atoms with Crippen LogP contribution in [0.15, 0.2) is 34.7 Å². The number of benzene rings is 1. The summed E-state index contributed by atoms with van der Waals surface area (Å²) in [6.07, 6.45) is 0.734. The number of fused-ring (bicyclic) bond motifs is 1. The van der Waals surface area contributed by atoms with E-state index in [0.29, 0.717) is 31.3 Å². The predicted octanol–water partition coefficient (Wildman–Crippen LogP) is 2.15. The summed E-state index contributed by atoms with van der Waals surface area (Å²) in [5.41, 5.74) is 0.986. The highest BCUT2D eigenvalue weighted by Crippen LogP contribution is 2.20. The van der Waals surface area contributed by atoms with Gasteiger partial charge < -0.3 is 23.8 Å². The molecule has 170 valence electrons. The Balaban J connectivity index is 1.35. The van der Waals surface area contributed by atoms with E-state index in [1.807, 2.05) is 4.57 Å². The normalized spacial score (nSPS) is 14.1. The number of hydrogen-bond acceptors (Lipinski definition) is 7. The van der Waals surface area contributed by atoms with Gasteiger partial charge in [-0.15, -0.1) is 10.2 Å². The van der Waals surface area contributed by atoms with Crippen molar-refractivity contribution in [2.75, 3.05) is 27.3 Å². The van der Waals surface area contributed by atoms with Gasteiger partial charge in [-0.1, -0.05) is 6.07 Å². The van der Waals surface area contributed by atoms with Gasteiger partial charge in [-0.2, -0.15) is 0 Å². The minimum absolute atomic E-state index is 0.230. The molecule has 0 spiro atoms. The van der Waals surface area contributed by atoms with Gasteiger partial charge in [0.1, 0.15) is 18.2 Å². The molecule has 1 aliphatic heterocycles. The number of ether oxygens (including phenoxy) is 2. The maximum Gasteiger partial charge on any atom is 0.287 e. The van der Waals surface area contributed by atoms with Gasteiger partial charge in [0.25, 0.3) is 5.91 Å². The summed E-state index contributed by atoms with van der Waals surface area (Å²) in [5.74, 6) is 1.97. The molecule has 1 N–H and O–H groups in total. The second-order valence-corrected chi connectivity index (χ2v) is 7.56. The standard InChI is InChI=1S/C22H26FN5O4/c1-30-14-16-4-6-18(32-16)22(29)24-12-21-26-25-20-7-8-27(9-10-28(20)21)13-15-3-5-17(23)19(11-15)31-2/h3-6,11H,7-10,12-14H2,1-2H3,(H,24,29). The fourth-order valence-corrected chi connectivity index (χ4v) is 3.74. The van der Waals surface area contributed by atoms with E-state index >= 15 is 0 Å². The zero-order valence-electron chi connectivity index (χ0n) is 18.1. The van der Waals surface area contributed by atoms with Crippen LogP contribution in [0.2, 0.25) is 0 Å². The summed E-state index contributed by atoms with van der Waals surface area (Å²) in [5, 5.41) is 11.4. The molecule has 32 heavy (non-hydrogen) atoms. The van der Waals surface area contributed by atoms with E-state index in [1.165, 1.54) is 13.2 Å². The average molecular weight is 443 g/mol. The van der Waals surface area contributed by atoms with Gasteiger partial charge in [-0.25, -0.2) is 4.39 Å². The summed E-state index contributed by atoms with van der Waals surface area (Å²) in [7, 11) is 3.03. The zero-order chi connectivity index (χ0) is 22.5. The highest BCUT2D eigenvalue weighted by Gasteiger charge is 2.20. The number of aromatic nitrogens is 3. The molecule has 9 nitrogen and oxygen atoms in total. The second-order valence-electron chi connectivity index (χ2n) is 7.56. The summed E-state index contributed by atoms with van der Waals surface area (Å²) in [6, 6.07) is 8.27. The Hall–Kier alpha value is -3.24. The van der Waals surface area contributed by atoms with Crippen LogP contribution in [-0.2, 0) is 37.4 Å². The first-order valence-corrected chi connectivity index (χ1v) is 10.4. The minimum Gasteiger partial charge on any atom is -0.494 e. The maximum absolute atomic E-state index is 13.7. The Kier molecular flexibility index (Phi) is 6.81. The average Bonchev–Trinajstić information content (AvgIpc) is 3.37. The van der Waals surface area contributed by atoms with Crippen LogP contribution in [-0.4, -0.2) is 52.9 Å². The van der Waals surface area contributed by atoms with Crippen molar-refractivity contribution in [2.24, 2.45) is 0 Å². The molecule has 3 heterocycles. The quantitative estimate of drug-likeness (QED) is 0.570. The smallest absolute Gasteiger partial charge is 0.287 e. The lowest BCUT2D eigenvalue weighted by atomic mass is 10.2. The number of methoxy groups -OCH3 is 2. The predicted molar refractivity (Wildman–Crippen MR) is 113 cm³/mol. The largest absolute Gasteiger partial charge is 0.494 e. The van der Waals surface area contributed by atoms with Gasteiger partial charge in [0.2, 0.25) is 0 Å². The molecule has 0 fully saturated rings. The topological polar surface area (TPSA) is 94.6 Å².